The number of ether oxygens (including phenoxy) is 1. The number of carbonyl (C=O) groups excluding carboxylic acids is 1. The van der Waals surface area contributed by atoms with Crippen molar-refractivity contribution in [2.45, 2.75) is 19.9 Å². The zero-order valence-corrected chi connectivity index (χ0v) is 12.1. The first kappa shape index (κ1) is 13.8. The van der Waals surface area contributed by atoms with E-state index >= 15 is 0 Å². The van der Waals surface area contributed by atoms with Crippen molar-refractivity contribution in [1.82, 2.24) is 5.32 Å². The Labute approximate surface area is 116 Å². The fraction of sp³-hybridized carbons (Fsp3) is 0.357. The number of rotatable bonds is 4. The summed E-state index contributed by atoms with van der Waals surface area (Å²) < 4.78 is 6.04. The Hall–Kier alpha value is -1.59. The van der Waals surface area contributed by atoms with Gasteiger partial charge in [0.15, 0.2) is 0 Å². The van der Waals surface area contributed by atoms with E-state index in [0.29, 0.717) is 17.2 Å². The molecule has 0 aliphatic carbocycles. The Morgan fingerprint density at radius 1 is 1.53 bits per heavy atom. The van der Waals surface area contributed by atoms with E-state index in [1.165, 1.54) is 11.3 Å². The number of nitrogens with two attached hydrogens (primary N) is 1. The number of methoxy groups -OCH3 is 1. The molecule has 0 fully saturated rings. The molecule has 1 unspecified atom stereocenters. The number of carbonyl (C=O) groups is 1. The first-order valence-electron chi connectivity index (χ1n) is 6.11. The van der Waals surface area contributed by atoms with Gasteiger partial charge in [0.1, 0.15) is 4.88 Å². The number of anilines is 1. The van der Waals surface area contributed by atoms with Crippen molar-refractivity contribution in [3.8, 4) is 0 Å². The van der Waals surface area contributed by atoms with E-state index in [0.717, 1.165) is 15.6 Å². The number of aryl methyl sites for hydroxylation is 1. The van der Waals surface area contributed by atoms with Crippen LogP contribution >= 0.6 is 11.3 Å². The zero-order chi connectivity index (χ0) is 14.0. The Bertz CT molecular complexity index is 607. The summed E-state index contributed by atoms with van der Waals surface area (Å²) in [5.41, 5.74) is 7.77. The van der Waals surface area contributed by atoms with Crippen molar-refractivity contribution in [2.75, 3.05) is 19.5 Å². The molecule has 1 aromatic heterocycles. The van der Waals surface area contributed by atoms with Gasteiger partial charge in [0.25, 0.3) is 5.91 Å². The summed E-state index contributed by atoms with van der Waals surface area (Å²) in [6, 6.07) is 5.99. The monoisotopic (exact) mass is 278 g/mol. The molecule has 5 heteroatoms. The fourth-order valence-electron chi connectivity index (χ4n) is 1.98. The molecule has 19 heavy (non-hydrogen) atoms. The first-order chi connectivity index (χ1) is 9.02. The quantitative estimate of drug-likeness (QED) is 0.903. The highest BCUT2D eigenvalue weighted by Gasteiger charge is 2.17. The van der Waals surface area contributed by atoms with Crippen molar-refractivity contribution >= 4 is 33.0 Å². The van der Waals surface area contributed by atoms with Gasteiger partial charge in [-0.15, -0.1) is 11.3 Å². The third kappa shape index (κ3) is 2.88. The van der Waals surface area contributed by atoms with Gasteiger partial charge in [0.2, 0.25) is 0 Å². The largest absolute Gasteiger partial charge is 0.397 e. The van der Waals surface area contributed by atoms with Crippen molar-refractivity contribution in [2.24, 2.45) is 0 Å². The maximum Gasteiger partial charge on any atom is 0.263 e. The van der Waals surface area contributed by atoms with E-state index < -0.39 is 0 Å². The molecular weight excluding hydrogens is 260 g/mol. The maximum absolute atomic E-state index is 12.2. The molecule has 2 rings (SSSR count). The van der Waals surface area contributed by atoms with Crippen molar-refractivity contribution in [3.05, 3.63) is 28.6 Å². The van der Waals surface area contributed by atoms with Crippen LogP contribution in [-0.4, -0.2) is 25.7 Å². The minimum absolute atomic E-state index is 0.0381. The highest BCUT2D eigenvalue weighted by Crippen LogP contribution is 2.34. The van der Waals surface area contributed by atoms with Crippen molar-refractivity contribution in [1.29, 1.82) is 0 Å². The van der Waals surface area contributed by atoms with Crippen LogP contribution in [0, 0.1) is 6.92 Å². The molecule has 0 spiro atoms. The average molecular weight is 278 g/mol. The molecular formula is C14H18N2O2S. The molecule has 0 saturated carbocycles. The van der Waals surface area contributed by atoms with Crippen LogP contribution in [0.3, 0.4) is 0 Å². The summed E-state index contributed by atoms with van der Waals surface area (Å²) in [7, 11) is 1.61. The molecule has 1 atom stereocenters. The van der Waals surface area contributed by atoms with Gasteiger partial charge in [0, 0.05) is 23.2 Å². The van der Waals surface area contributed by atoms with Gasteiger partial charge in [-0.3, -0.25) is 4.79 Å². The van der Waals surface area contributed by atoms with Crippen LogP contribution in [0.4, 0.5) is 5.69 Å². The second-order valence-corrected chi connectivity index (χ2v) is 5.73. The molecule has 4 nitrogen and oxygen atoms in total. The number of fused-ring (bicyclic) bond motifs is 1. The number of thiophene rings is 1. The lowest BCUT2D eigenvalue weighted by molar-refractivity contribution is 0.0910. The number of benzene rings is 1. The third-order valence-corrected chi connectivity index (χ3v) is 4.07. The minimum Gasteiger partial charge on any atom is -0.397 e. The Morgan fingerprint density at radius 2 is 2.26 bits per heavy atom. The molecule has 0 aliphatic rings. The molecule has 0 saturated heterocycles. The standard InChI is InChI=1S/C14H18N2O2S/c1-8-4-5-11-10(6-8)12(15)13(19-11)14(17)16-9(2)7-18-3/h4-6,9H,7,15H2,1-3H3,(H,16,17). The second-order valence-electron chi connectivity index (χ2n) is 4.67. The molecule has 1 aromatic carbocycles. The van der Waals surface area contributed by atoms with Crippen LogP contribution < -0.4 is 11.1 Å². The van der Waals surface area contributed by atoms with E-state index in [9.17, 15) is 4.79 Å². The van der Waals surface area contributed by atoms with Gasteiger partial charge in [-0.2, -0.15) is 0 Å². The fourth-order valence-corrected chi connectivity index (χ4v) is 2.99. The van der Waals surface area contributed by atoms with Crippen molar-refractivity contribution in [3.63, 3.8) is 0 Å². The molecule has 0 radical (unpaired) electrons. The normalized spacial score (nSPS) is 12.6. The van der Waals surface area contributed by atoms with E-state index in [1.54, 1.807) is 7.11 Å². The molecule has 1 amide bonds. The first-order valence-corrected chi connectivity index (χ1v) is 6.93. The molecule has 0 aliphatic heterocycles. The number of hydrogen-bond acceptors (Lipinski definition) is 4. The molecule has 2 aromatic rings. The number of nitrogens with one attached hydrogen (secondary N) is 1. The summed E-state index contributed by atoms with van der Waals surface area (Å²) in [6.07, 6.45) is 0. The summed E-state index contributed by atoms with van der Waals surface area (Å²) in [5.74, 6) is -0.138. The Morgan fingerprint density at radius 3 is 2.95 bits per heavy atom. The highest BCUT2D eigenvalue weighted by atomic mass is 32.1. The third-order valence-electron chi connectivity index (χ3n) is 2.88. The summed E-state index contributed by atoms with van der Waals surface area (Å²) in [4.78, 5) is 12.7. The SMILES string of the molecule is COCC(C)NC(=O)c1sc2ccc(C)cc2c1N. The number of nitrogen functional groups attached to an aromatic ring is 1. The molecule has 1 heterocycles. The predicted octanol–water partition coefficient (Wildman–Crippen LogP) is 2.56. The topological polar surface area (TPSA) is 64.3 Å². The summed E-state index contributed by atoms with van der Waals surface area (Å²) >= 11 is 1.42. The Kier molecular flexibility index (Phi) is 4.07. The molecule has 102 valence electrons. The number of amides is 1. The Balaban J connectivity index is 2.30. The van der Waals surface area contributed by atoms with E-state index in [1.807, 2.05) is 32.0 Å². The lowest BCUT2D eigenvalue weighted by Gasteiger charge is -2.11. The van der Waals surface area contributed by atoms with Crippen LogP contribution in [-0.2, 0) is 4.74 Å². The van der Waals surface area contributed by atoms with Crippen LogP contribution in [0.2, 0.25) is 0 Å². The molecule has 0 bridgehead atoms. The molecule has 3 N–H and O–H groups in total. The predicted molar refractivity (Wildman–Crippen MR) is 79.8 cm³/mol. The van der Waals surface area contributed by atoms with Gasteiger partial charge < -0.3 is 15.8 Å². The second kappa shape index (κ2) is 5.59. The van der Waals surface area contributed by atoms with E-state index in [-0.39, 0.29) is 11.9 Å². The van der Waals surface area contributed by atoms with Crippen LogP contribution in [0.15, 0.2) is 18.2 Å². The van der Waals surface area contributed by atoms with Gasteiger partial charge >= 0.3 is 0 Å². The van der Waals surface area contributed by atoms with Gasteiger partial charge in [-0.1, -0.05) is 11.6 Å². The van der Waals surface area contributed by atoms with Gasteiger partial charge in [-0.25, -0.2) is 0 Å². The average Bonchev–Trinajstić information content (AvgIpc) is 2.67. The van der Waals surface area contributed by atoms with Crippen LogP contribution in [0.25, 0.3) is 10.1 Å². The maximum atomic E-state index is 12.2. The van der Waals surface area contributed by atoms with Gasteiger partial charge in [0.05, 0.1) is 12.3 Å². The minimum atomic E-state index is -0.138. The van der Waals surface area contributed by atoms with E-state index in [2.05, 4.69) is 5.32 Å². The van der Waals surface area contributed by atoms with Gasteiger partial charge in [-0.05, 0) is 26.0 Å². The van der Waals surface area contributed by atoms with Crippen LogP contribution in [0.1, 0.15) is 22.2 Å². The van der Waals surface area contributed by atoms with E-state index in [4.69, 9.17) is 10.5 Å². The number of hydrogen-bond donors (Lipinski definition) is 2. The lowest BCUT2D eigenvalue weighted by Crippen LogP contribution is -2.35. The van der Waals surface area contributed by atoms with Crippen molar-refractivity contribution < 1.29 is 9.53 Å². The summed E-state index contributed by atoms with van der Waals surface area (Å²) in [6.45, 7) is 4.39. The smallest absolute Gasteiger partial charge is 0.263 e. The highest BCUT2D eigenvalue weighted by molar-refractivity contribution is 7.21. The summed E-state index contributed by atoms with van der Waals surface area (Å²) in [5, 5.41) is 3.83. The lowest BCUT2D eigenvalue weighted by atomic mass is 10.1. The zero-order valence-electron chi connectivity index (χ0n) is 11.3. The van der Waals surface area contributed by atoms with Crippen LogP contribution in [0.5, 0.6) is 0 Å².